The van der Waals surface area contributed by atoms with Gasteiger partial charge in [0.15, 0.2) is 0 Å². The molecule has 0 radical (unpaired) electrons. The van der Waals surface area contributed by atoms with Crippen LogP contribution in [0.2, 0.25) is 0 Å². The molecule has 0 unspecified atom stereocenters. The van der Waals surface area contributed by atoms with Gasteiger partial charge in [0.25, 0.3) is 0 Å². The lowest BCUT2D eigenvalue weighted by Gasteiger charge is -2.10. The highest BCUT2D eigenvalue weighted by atomic mass is 79.9. The molecule has 16 heavy (non-hydrogen) atoms. The van der Waals surface area contributed by atoms with Crippen LogP contribution in [-0.2, 0) is 4.74 Å². The van der Waals surface area contributed by atoms with Crippen LogP contribution >= 0.6 is 15.9 Å². The van der Waals surface area contributed by atoms with E-state index in [9.17, 15) is 9.18 Å². The van der Waals surface area contributed by atoms with Gasteiger partial charge in [-0.1, -0.05) is 0 Å². The molecule has 1 rings (SSSR count). The monoisotopic (exact) mass is 290 g/mol. The highest BCUT2D eigenvalue weighted by Gasteiger charge is 2.20. The standard InChI is InChI=1S/C11H12BrFO3/c1-3-15-8-6-5-7(13)9(10(8)12)11(14)16-4-2/h5-6H,3-4H2,1-2H3. The largest absolute Gasteiger partial charge is 0.493 e. The Morgan fingerprint density at radius 1 is 1.38 bits per heavy atom. The lowest BCUT2D eigenvalue weighted by atomic mass is 10.2. The van der Waals surface area contributed by atoms with Gasteiger partial charge in [-0.05, 0) is 41.9 Å². The quantitative estimate of drug-likeness (QED) is 0.799. The van der Waals surface area contributed by atoms with Gasteiger partial charge < -0.3 is 9.47 Å². The summed E-state index contributed by atoms with van der Waals surface area (Å²) in [5, 5.41) is 0. The van der Waals surface area contributed by atoms with Crippen molar-refractivity contribution < 1.29 is 18.7 Å². The van der Waals surface area contributed by atoms with Crippen molar-refractivity contribution in [1.29, 1.82) is 0 Å². The average molecular weight is 291 g/mol. The Balaban J connectivity index is 3.15. The van der Waals surface area contributed by atoms with Gasteiger partial charge in [0.2, 0.25) is 0 Å². The molecule has 88 valence electrons. The molecule has 0 heterocycles. The second-order valence-corrected chi connectivity index (χ2v) is 3.68. The van der Waals surface area contributed by atoms with Gasteiger partial charge in [0.1, 0.15) is 17.1 Å². The molecule has 0 aliphatic carbocycles. The minimum Gasteiger partial charge on any atom is -0.493 e. The summed E-state index contributed by atoms with van der Waals surface area (Å²) in [6, 6.07) is 2.65. The molecule has 0 bridgehead atoms. The van der Waals surface area contributed by atoms with Gasteiger partial charge in [0.05, 0.1) is 17.7 Å². The number of esters is 1. The Kier molecular flexibility index (Phi) is 4.73. The van der Waals surface area contributed by atoms with E-state index in [0.29, 0.717) is 12.4 Å². The predicted octanol–water partition coefficient (Wildman–Crippen LogP) is 3.16. The summed E-state index contributed by atoms with van der Waals surface area (Å²) in [6.45, 7) is 4.10. The summed E-state index contributed by atoms with van der Waals surface area (Å²) in [4.78, 5) is 11.5. The van der Waals surface area contributed by atoms with E-state index in [1.807, 2.05) is 0 Å². The number of hydrogen-bond acceptors (Lipinski definition) is 3. The maximum Gasteiger partial charge on any atom is 0.342 e. The van der Waals surface area contributed by atoms with Gasteiger partial charge in [-0.15, -0.1) is 0 Å². The summed E-state index contributed by atoms with van der Waals surface area (Å²) >= 11 is 3.14. The smallest absolute Gasteiger partial charge is 0.342 e. The first-order chi connectivity index (χ1) is 7.61. The fourth-order valence-electron chi connectivity index (χ4n) is 1.19. The van der Waals surface area contributed by atoms with Crippen molar-refractivity contribution >= 4 is 21.9 Å². The summed E-state index contributed by atoms with van der Waals surface area (Å²) in [6.07, 6.45) is 0. The lowest BCUT2D eigenvalue weighted by Crippen LogP contribution is -2.09. The zero-order valence-corrected chi connectivity index (χ0v) is 10.6. The van der Waals surface area contributed by atoms with Crippen molar-refractivity contribution in [2.75, 3.05) is 13.2 Å². The highest BCUT2D eigenvalue weighted by Crippen LogP contribution is 2.31. The molecular weight excluding hydrogens is 279 g/mol. The van der Waals surface area contributed by atoms with Crippen LogP contribution < -0.4 is 4.74 Å². The number of benzene rings is 1. The van der Waals surface area contributed by atoms with Crippen LogP contribution in [0.1, 0.15) is 24.2 Å². The molecule has 0 amide bonds. The Labute approximate surface area is 102 Å². The van der Waals surface area contributed by atoms with Gasteiger partial charge in [-0.2, -0.15) is 0 Å². The molecule has 0 atom stereocenters. The SMILES string of the molecule is CCOC(=O)c1c(F)ccc(OCC)c1Br. The average Bonchev–Trinajstić information content (AvgIpc) is 2.23. The van der Waals surface area contributed by atoms with Gasteiger partial charge in [-0.3, -0.25) is 0 Å². The molecule has 5 heteroatoms. The fourth-order valence-corrected chi connectivity index (χ4v) is 1.79. The Morgan fingerprint density at radius 3 is 2.62 bits per heavy atom. The van der Waals surface area contributed by atoms with E-state index in [2.05, 4.69) is 15.9 Å². The molecule has 0 saturated carbocycles. The normalized spacial score (nSPS) is 10.0. The number of rotatable bonds is 4. The number of carbonyl (C=O) groups excluding carboxylic acids is 1. The molecular formula is C11H12BrFO3. The summed E-state index contributed by atoms with van der Waals surface area (Å²) < 4.78 is 23.7. The number of halogens is 2. The maximum absolute atomic E-state index is 13.5. The Hall–Kier alpha value is -1.10. The van der Waals surface area contributed by atoms with Crippen molar-refractivity contribution in [3.63, 3.8) is 0 Å². The lowest BCUT2D eigenvalue weighted by molar-refractivity contribution is 0.0519. The van der Waals surface area contributed by atoms with Crippen LogP contribution in [0, 0.1) is 5.82 Å². The van der Waals surface area contributed by atoms with Gasteiger partial charge >= 0.3 is 5.97 Å². The van der Waals surface area contributed by atoms with E-state index in [1.54, 1.807) is 13.8 Å². The van der Waals surface area contributed by atoms with E-state index >= 15 is 0 Å². The van der Waals surface area contributed by atoms with Crippen LogP contribution in [0.3, 0.4) is 0 Å². The van der Waals surface area contributed by atoms with Gasteiger partial charge in [0, 0.05) is 0 Å². The molecule has 1 aromatic rings. The van der Waals surface area contributed by atoms with Crippen molar-refractivity contribution in [3.05, 3.63) is 28.0 Å². The third kappa shape index (κ3) is 2.72. The highest BCUT2D eigenvalue weighted by molar-refractivity contribution is 9.10. The van der Waals surface area contributed by atoms with Crippen LogP contribution in [0.15, 0.2) is 16.6 Å². The van der Waals surface area contributed by atoms with E-state index in [4.69, 9.17) is 9.47 Å². The second-order valence-electron chi connectivity index (χ2n) is 2.89. The summed E-state index contributed by atoms with van der Waals surface area (Å²) in [5.74, 6) is -0.908. The maximum atomic E-state index is 13.5. The van der Waals surface area contributed by atoms with E-state index in [-0.39, 0.29) is 16.6 Å². The molecule has 0 N–H and O–H groups in total. The number of ether oxygens (including phenoxy) is 2. The first-order valence-corrected chi connectivity index (χ1v) is 5.69. The molecule has 1 aromatic carbocycles. The predicted molar refractivity (Wildman–Crippen MR) is 61.2 cm³/mol. The van der Waals surface area contributed by atoms with Crippen LogP contribution in [0.5, 0.6) is 5.75 Å². The fraction of sp³-hybridized carbons (Fsp3) is 0.364. The molecule has 0 fully saturated rings. The van der Waals surface area contributed by atoms with Crippen molar-refractivity contribution in [1.82, 2.24) is 0 Å². The third-order valence-corrected chi connectivity index (χ3v) is 2.62. The minimum atomic E-state index is -0.701. The second kappa shape index (κ2) is 5.84. The zero-order chi connectivity index (χ0) is 12.1. The number of hydrogen-bond donors (Lipinski definition) is 0. The molecule has 0 spiro atoms. The third-order valence-electron chi connectivity index (χ3n) is 1.84. The minimum absolute atomic E-state index is 0.132. The Bertz CT molecular complexity index is 393. The summed E-state index contributed by atoms with van der Waals surface area (Å²) in [5.41, 5.74) is -0.132. The topological polar surface area (TPSA) is 35.5 Å². The summed E-state index contributed by atoms with van der Waals surface area (Å²) in [7, 11) is 0. The molecule has 0 aliphatic heterocycles. The van der Waals surface area contributed by atoms with Crippen LogP contribution in [0.4, 0.5) is 4.39 Å². The molecule has 0 aromatic heterocycles. The van der Waals surface area contributed by atoms with Crippen molar-refractivity contribution in [2.45, 2.75) is 13.8 Å². The van der Waals surface area contributed by atoms with Gasteiger partial charge in [-0.25, -0.2) is 9.18 Å². The van der Waals surface area contributed by atoms with Crippen LogP contribution in [-0.4, -0.2) is 19.2 Å². The molecule has 3 nitrogen and oxygen atoms in total. The van der Waals surface area contributed by atoms with E-state index in [1.165, 1.54) is 12.1 Å². The first kappa shape index (κ1) is 13.0. The Morgan fingerprint density at radius 2 is 2.06 bits per heavy atom. The van der Waals surface area contributed by atoms with Crippen LogP contribution in [0.25, 0.3) is 0 Å². The molecule has 0 saturated heterocycles. The molecule has 0 aliphatic rings. The van der Waals surface area contributed by atoms with Crippen molar-refractivity contribution in [2.24, 2.45) is 0 Å². The van der Waals surface area contributed by atoms with Crippen molar-refractivity contribution in [3.8, 4) is 5.75 Å². The van der Waals surface area contributed by atoms with E-state index < -0.39 is 11.8 Å². The van der Waals surface area contributed by atoms with E-state index in [0.717, 1.165) is 0 Å². The first-order valence-electron chi connectivity index (χ1n) is 4.89. The number of carbonyl (C=O) groups is 1. The zero-order valence-electron chi connectivity index (χ0n) is 9.05.